The summed E-state index contributed by atoms with van der Waals surface area (Å²) in [5.41, 5.74) is 1.90. The highest BCUT2D eigenvalue weighted by atomic mass is 32.1. The zero-order chi connectivity index (χ0) is 17.9. The topological polar surface area (TPSA) is 37.1 Å². The molecule has 126 valence electrons. The maximum Gasteiger partial charge on any atom is 0.161 e. The van der Waals surface area contributed by atoms with E-state index in [9.17, 15) is 0 Å². The van der Waals surface area contributed by atoms with Crippen LogP contribution < -0.4 is 0 Å². The largest absolute Gasteiger partial charge is 0.270 e. The third-order valence-corrected chi connectivity index (χ3v) is 5.38. The molecule has 0 bridgehead atoms. The van der Waals surface area contributed by atoms with Gasteiger partial charge in [-0.05, 0) is 18.9 Å². The second kappa shape index (κ2) is 7.02. The molecule has 0 unspecified atom stereocenters. The van der Waals surface area contributed by atoms with Crippen molar-refractivity contribution in [1.82, 2.24) is 0 Å². The first-order valence-electron chi connectivity index (χ1n) is 8.29. The second-order valence-corrected chi connectivity index (χ2v) is 6.90. The summed E-state index contributed by atoms with van der Waals surface area (Å²) in [6, 6.07) is 24.7. The molecule has 0 N–H and O–H groups in total. The van der Waals surface area contributed by atoms with Crippen molar-refractivity contribution in [2.24, 2.45) is 15.0 Å². The van der Waals surface area contributed by atoms with Gasteiger partial charge in [0.05, 0.1) is 0 Å². The highest BCUT2D eigenvalue weighted by Gasteiger charge is 2.09. The quantitative estimate of drug-likeness (QED) is 0.333. The van der Waals surface area contributed by atoms with Gasteiger partial charge in [0.15, 0.2) is 11.7 Å². The number of hydrogen-bond acceptors (Lipinski definition) is 2. The summed E-state index contributed by atoms with van der Waals surface area (Å²) in [7, 11) is 1.74. The van der Waals surface area contributed by atoms with Crippen LogP contribution in [-0.2, 0) is 0 Å². The molecule has 26 heavy (non-hydrogen) atoms. The minimum Gasteiger partial charge on any atom is -0.270 e. The zero-order valence-corrected chi connectivity index (χ0v) is 15.2. The molecule has 0 saturated carbocycles. The molecule has 0 radical (unpaired) electrons. The molecule has 0 saturated heterocycles. The van der Waals surface area contributed by atoms with Gasteiger partial charge < -0.3 is 0 Å². The normalized spacial score (nSPS) is 12.7. The third kappa shape index (κ3) is 2.95. The average molecular weight is 355 g/mol. The molecule has 1 heterocycles. The molecular weight excluding hydrogens is 338 g/mol. The van der Waals surface area contributed by atoms with Crippen LogP contribution in [0.3, 0.4) is 0 Å². The van der Waals surface area contributed by atoms with Crippen molar-refractivity contribution in [3.05, 3.63) is 83.9 Å². The molecule has 4 heteroatoms. The van der Waals surface area contributed by atoms with Crippen molar-refractivity contribution in [3.8, 4) is 0 Å². The molecule has 0 aliphatic heterocycles. The van der Waals surface area contributed by atoms with Crippen LogP contribution in [-0.4, -0.2) is 25.4 Å². The van der Waals surface area contributed by atoms with Gasteiger partial charge in [0.2, 0.25) is 0 Å². The van der Waals surface area contributed by atoms with E-state index in [0.29, 0.717) is 11.7 Å². The number of hydrogen-bond donors (Lipinski definition) is 0. The Morgan fingerprint density at radius 3 is 2.27 bits per heavy atom. The molecule has 0 aliphatic carbocycles. The number of amidine groups is 2. The van der Waals surface area contributed by atoms with Gasteiger partial charge in [0.25, 0.3) is 0 Å². The first-order chi connectivity index (χ1) is 12.8. The summed E-state index contributed by atoms with van der Waals surface area (Å²) in [5, 5.41) is 2.54. The van der Waals surface area contributed by atoms with Crippen molar-refractivity contribution in [2.45, 2.75) is 0 Å². The fourth-order valence-electron chi connectivity index (χ4n) is 2.99. The minimum atomic E-state index is 0.578. The average Bonchev–Trinajstić information content (AvgIpc) is 3.07. The highest BCUT2D eigenvalue weighted by molar-refractivity contribution is 7.25. The van der Waals surface area contributed by atoms with E-state index in [0.717, 1.165) is 11.1 Å². The van der Waals surface area contributed by atoms with E-state index in [-0.39, 0.29) is 0 Å². The number of rotatable bonds is 2. The van der Waals surface area contributed by atoms with Gasteiger partial charge in [-0.1, -0.05) is 60.7 Å². The third-order valence-electron chi connectivity index (χ3n) is 4.24. The van der Waals surface area contributed by atoms with Crippen LogP contribution in [0.15, 0.2) is 87.8 Å². The molecule has 0 spiro atoms. The molecule has 0 aliphatic rings. The van der Waals surface area contributed by atoms with Gasteiger partial charge >= 0.3 is 0 Å². The molecule has 3 nitrogen and oxygen atoms in total. The first kappa shape index (κ1) is 16.4. The predicted octanol–water partition coefficient (Wildman–Crippen LogP) is 5.58. The summed E-state index contributed by atoms with van der Waals surface area (Å²) in [6.07, 6.45) is 0. The maximum absolute atomic E-state index is 4.66. The highest BCUT2D eigenvalue weighted by Crippen LogP contribution is 2.34. The van der Waals surface area contributed by atoms with Crippen LogP contribution in [0.1, 0.15) is 11.1 Å². The number of nitrogens with zero attached hydrogens (tertiary/aromatic N) is 3. The van der Waals surface area contributed by atoms with Crippen molar-refractivity contribution in [2.75, 3.05) is 7.05 Å². The summed E-state index contributed by atoms with van der Waals surface area (Å²) < 4.78 is 2.50. The fourth-order valence-corrected chi connectivity index (χ4v) is 4.13. The lowest BCUT2D eigenvalue weighted by molar-refractivity contribution is 1.37. The second-order valence-electron chi connectivity index (χ2n) is 5.82. The summed E-state index contributed by atoms with van der Waals surface area (Å²) >= 11 is 1.78. The van der Waals surface area contributed by atoms with Crippen LogP contribution >= 0.6 is 11.3 Å². The van der Waals surface area contributed by atoms with Crippen molar-refractivity contribution in [3.63, 3.8) is 0 Å². The Bertz CT molecular complexity index is 1150. The smallest absolute Gasteiger partial charge is 0.161 e. The van der Waals surface area contributed by atoms with Crippen molar-refractivity contribution < 1.29 is 0 Å². The number of aliphatic imine (C=N–C) groups is 3. The molecule has 0 atom stereocenters. The Morgan fingerprint density at radius 2 is 1.50 bits per heavy atom. The molecule has 1 aromatic heterocycles. The molecule has 3 aromatic carbocycles. The van der Waals surface area contributed by atoms with Crippen molar-refractivity contribution in [1.29, 1.82) is 0 Å². The summed E-state index contributed by atoms with van der Waals surface area (Å²) in [5.74, 6) is 1.22. The van der Waals surface area contributed by atoms with Crippen LogP contribution in [0.4, 0.5) is 0 Å². The van der Waals surface area contributed by atoms with Crippen LogP contribution in [0, 0.1) is 0 Å². The molecule has 0 fully saturated rings. The van der Waals surface area contributed by atoms with Crippen LogP contribution in [0.2, 0.25) is 0 Å². The van der Waals surface area contributed by atoms with E-state index in [1.807, 2.05) is 36.4 Å². The van der Waals surface area contributed by atoms with Gasteiger partial charge in [-0.15, -0.1) is 11.3 Å². The Labute approximate surface area is 156 Å². The molecule has 4 aromatic rings. The Morgan fingerprint density at radius 1 is 0.769 bits per heavy atom. The van der Waals surface area contributed by atoms with E-state index in [1.165, 1.54) is 20.2 Å². The lowest BCUT2D eigenvalue weighted by Gasteiger charge is -2.04. The number of fused-ring (bicyclic) bond motifs is 3. The van der Waals surface area contributed by atoms with Crippen LogP contribution in [0.5, 0.6) is 0 Å². The molecule has 4 rings (SSSR count). The number of benzene rings is 3. The first-order valence-corrected chi connectivity index (χ1v) is 9.11. The lowest BCUT2D eigenvalue weighted by Crippen LogP contribution is -2.04. The Hall–Kier alpha value is -3.11. The van der Waals surface area contributed by atoms with E-state index in [1.54, 1.807) is 18.4 Å². The van der Waals surface area contributed by atoms with Gasteiger partial charge in [0, 0.05) is 38.3 Å². The zero-order valence-electron chi connectivity index (χ0n) is 14.4. The summed E-state index contributed by atoms with van der Waals surface area (Å²) in [6.45, 7) is 3.71. The molecular formula is C22H17N3S. The Kier molecular flexibility index (Phi) is 4.42. The standard InChI is InChI=1S/C22H17N3S/c1-23-21(15-8-4-3-5-9-15)25-22(24-2)16-12-13-18-17-10-6-7-11-19(17)26-20(18)14-16/h3-14H,2H2,1H3/b23-21-,25-22-. The van der Waals surface area contributed by atoms with Gasteiger partial charge in [-0.25, -0.2) is 9.98 Å². The van der Waals surface area contributed by atoms with Gasteiger partial charge in [-0.2, -0.15) is 0 Å². The van der Waals surface area contributed by atoms with E-state index in [2.05, 4.69) is 58.1 Å². The van der Waals surface area contributed by atoms with E-state index in [4.69, 9.17) is 0 Å². The monoisotopic (exact) mass is 355 g/mol. The maximum atomic E-state index is 4.66. The minimum absolute atomic E-state index is 0.578. The van der Waals surface area contributed by atoms with Crippen molar-refractivity contribution >= 4 is 49.9 Å². The van der Waals surface area contributed by atoms with Gasteiger partial charge in [0.1, 0.15) is 0 Å². The fraction of sp³-hybridized carbons (Fsp3) is 0.0455. The van der Waals surface area contributed by atoms with Gasteiger partial charge in [-0.3, -0.25) is 4.99 Å². The lowest BCUT2D eigenvalue weighted by atomic mass is 10.1. The SMILES string of the molecule is C=N/C(=N\C(=N/C)c1ccccc1)c1ccc2c(c1)sc1ccccc12. The number of thiophene rings is 1. The molecule has 0 amide bonds. The van der Waals surface area contributed by atoms with E-state index >= 15 is 0 Å². The van der Waals surface area contributed by atoms with Crippen LogP contribution in [0.25, 0.3) is 20.2 Å². The predicted molar refractivity (Wildman–Crippen MR) is 114 cm³/mol. The van der Waals surface area contributed by atoms with E-state index < -0.39 is 0 Å². The summed E-state index contributed by atoms with van der Waals surface area (Å²) in [4.78, 5) is 13.1. The Balaban J connectivity index is 1.81.